The first-order valence-corrected chi connectivity index (χ1v) is 8.31. The van der Waals surface area contributed by atoms with Gasteiger partial charge in [0.15, 0.2) is 5.75 Å². The molecule has 1 heterocycles. The van der Waals surface area contributed by atoms with Gasteiger partial charge in [-0.05, 0) is 68.6 Å². The van der Waals surface area contributed by atoms with Gasteiger partial charge in [-0.15, -0.1) is 0 Å². The number of halogens is 1. The van der Waals surface area contributed by atoms with E-state index in [1.54, 1.807) is 0 Å². The van der Waals surface area contributed by atoms with Gasteiger partial charge < -0.3 is 14.8 Å². The summed E-state index contributed by atoms with van der Waals surface area (Å²) in [6, 6.07) is 3.93. The summed E-state index contributed by atoms with van der Waals surface area (Å²) in [6.07, 6.45) is 2.29. The number of hydrogen-bond donors (Lipinski definition) is 1. The summed E-state index contributed by atoms with van der Waals surface area (Å²) in [5.41, 5.74) is 0.465. The highest BCUT2D eigenvalue weighted by molar-refractivity contribution is 9.10. The molecule has 0 spiro atoms. The third-order valence-electron chi connectivity index (χ3n) is 3.35. The highest BCUT2D eigenvalue weighted by atomic mass is 79.9. The van der Waals surface area contributed by atoms with Gasteiger partial charge in [0, 0.05) is 18.2 Å². The molecule has 1 N–H and O–H groups in total. The quantitative estimate of drug-likeness (QED) is 0.817. The lowest BCUT2D eigenvalue weighted by Gasteiger charge is -2.21. The van der Waals surface area contributed by atoms with Crippen molar-refractivity contribution >= 4 is 22.0 Å². The average Bonchev–Trinajstić information content (AvgIpc) is 2.77. The molecule has 1 aromatic rings. The van der Waals surface area contributed by atoms with Crippen molar-refractivity contribution < 1.29 is 14.3 Å². The van der Waals surface area contributed by atoms with Gasteiger partial charge in [0.25, 0.3) is 0 Å². The fraction of sp³-hybridized carbons (Fsp3) is 0.625. The summed E-state index contributed by atoms with van der Waals surface area (Å²) in [7, 11) is 0. The van der Waals surface area contributed by atoms with E-state index in [-0.39, 0.29) is 18.2 Å². The summed E-state index contributed by atoms with van der Waals surface area (Å²) in [4.78, 5) is 16.1. The van der Waals surface area contributed by atoms with Crippen LogP contribution < -0.4 is 10.1 Å². The van der Waals surface area contributed by atoms with Gasteiger partial charge in [-0.25, -0.2) is 9.78 Å². The maximum atomic E-state index is 11.8. The fourth-order valence-corrected chi connectivity index (χ4v) is 2.94. The number of nitrogens with zero attached hydrogens (tertiary/aromatic N) is 1. The monoisotopic (exact) mass is 370 g/mol. The lowest BCUT2D eigenvalue weighted by Crippen LogP contribution is -2.38. The van der Waals surface area contributed by atoms with Crippen LogP contribution in [0.1, 0.15) is 45.7 Å². The van der Waals surface area contributed by atoms with Crippen LogP contribution in [0.25, 0.3) is 0 Å². The second kappa shape index (κ2) is 6.86. The van der Waals surface area contributed by atoms with E-state index in [1.807, 2.05) is 39.8 Å². The molecule has 1 aromatic heterocycles. The lowest BCUT2D eigenvalue weighted by atomic mass is 10.2. The van der Waals surface area contributed by atoms with Crippen molar-refractivity contribution in [2.45, 2.75) is 64.7 Å². The van der Waals surface area contributed by atoms with E-state index in [4.69, 9.17) is 9.47 Å². The van der Waals surface area contributed by atoms with Gasteiger partial charge in [-0.1, -0.05) is 0 Å². The Kier molecular flexibility index (Phi) is 5.32. The maximum absolute atomic E-state index is 11.8. The van der Waals surface area contributed by atoms with Crippen molar-refractivity contribution in [2.75, 3.05) is 0 Å². The Bertz CT molecular complexity index is 543. The minimum atomic E-state index is -0.475. The summed E-state index contributed by atoms with van der Waals surface area (Å²) < 4.78 is 12.0. The van der Waals surface area contributed by atoms with E-state index >= 15 is 0 Å². The van der Waals surface area contributed by atoms with Crippen LogP contribution in [0.4, 0.5) is 4.79 Å². The van der Waals surface area contributed by atoms with Crippen LogP contribution in [-0.2, 0) is 4.74 Å². The number of aryl methyl sites for hydroxylation is 1. The number of nitrogens with one attached hydrogen (secondary N) is 1. The molecule has 0 aliphatic heterocycles. The molecule has 1 aliphatic rings. The number of aromatic nitrogens is 1. The summed E-state index contributed by atoms with van der Waals surface area (Å²) in [5, 5.41) is 2.91. The van der Waals surface area contributed by atoms with E-state index in [2.05, 4.69) is 26.2 Å². The molecular formula is C16H23BrN2O3. The zero-order chi connectivity index (χ0) is 16.3. The summed E-state index contributed by atoms with van der Waals surface area (Å²) >= 11 is 3.42. The molecule has 2 unspecified atom stereocenters. The molecule has 2 rings (SSSR count). The second-order valence-electron chi connectivity index (χ2n) is 6.64. The van der Waals surface area contributed by atoms with Crippen LogP contribution in [0.3, 0.4) is 0 Å². The number of ether oxygens (including phenoxy) is 2. The molecule has 6 heteroatoms. The van der Waals surface area contributed by atoms with Crippen LogP contribution >= 0.6 is 15.9 Å². The van der Waals surface area contributed by atoms with Gasteiger partial charge in [-0.3, -0.25) is 0 Å². The minimum Gasteiger partial charge on any atom is -0.488 e. The Morgan fingerprint density at radius 3 is 2.73 bits per heavy atom. The van der Waals surface area contributed by atoms with Crippen molar-refractivity contribution in [2.24, 2.45) is 0 Å². The van der Waals surface area contributed by atoms with Crippen LogP contribution in [0.2, 0.25) is 0 Å². The van der Waals surface area contributed by atoms with E-state index in [1.165, 1.54) is 0 Å². The minimum absolute atomic E-state index is 0.0840. The second-order valence-corrected chi connectivity index (χ2v) is 7.39. The first-order chi connectivity index (χ1) is 10.2. The molecule has 0 aromatic carbocycles. The Morgan fingerprint density at radius 1 is 1.36 bits per heavy atom. The molecule has 0 radical (unpaired) electrons. The molecule has 0 bridgehead atoms. The largest absolute Gasteiger partial charge is 0.488 e. The van der Waals surface area contributed by atoms with E-state index < -0.39 is 5.60 Å². The third kappa shape index (κ3) is 5.16. The molecule has 122 valence electrons. The van der Waals surface area contributed by atoms with Crippen molar-refractivity contribution in [3.8, 4) is 5.75 Å². The Morgan fingerprint density at radius 2 is 2.09 bits per heavy atom. The normalized spacial score (nSPS) is 21.5. The summed E-state index contributed by atoms with van der Waals surface area (Å²) in [6.45, 7) is 7.50. The summed E-state index contributed by atoms with van der Waals surface area (Å²) in [5.74, 6) is 0.744. The molecule has 1 amide bonds. The predicted molar refractivity (Wildman–Crippen MR) is 88.1 cm³/mol. The molecule has 0 saturated heterocycles. The van der Waals surface area contributed by atoms with Crippen LogP contribution in [0, 0.1) is 6.92 Å². The van der Waals surface area contributed by atoms with Gasteiger partial charge in [0.1, 0.15) is 16.3 Å². The van der Waals surface area contributed by atoms with E-state index in [9.17, 15) is 4.79 Å². The molecule has 1 fully saturated rings. The smallest absolute Gasteiger partial charge is 0.407 e. The zero-order valence-corrected chi connectivity index (χ0v) is 15.1. The zero-order valence-electron chi connectivity index (χ0n) is 13.5. The number of hydrogen-bond acceptors (Lipinski definition) is 4. The lowest BCUT2D eigenvalue weighted by molar-refractivity contribution is 0.0503. The van der Waals surface area contributed by atoms with Crippen molar-refractivity contribution in [3.05, 3.63) is 22.4 Å². The maximum Gasteiger partial charge on any atom is 0.407 e. The molecule has 2 atom stereocenters. The van der Waals surface area contributed by atoms with Crippen molar-refractivity contribution in [1.82, 2.24) is 10.3 Å². The Balaban J connectivity index is 1.84. The molecular weight excluding hydrogens is 348 g/mol. The molecule has 1 aliphatic carbocycles. The number of pyridine rings is 1. The van der Waals surface area contributed by atoms with E-state index in [0.29, 0.717) is 0 Å². The molecule has 1 saturated carbocycles. The number of alkyl carbamates (subject to hydrolysis) is 1. The van der Waals surface area contributed by atoms with Crippen LogP contribution in [-0.4, -0.2) is 28.8 Å². The van der Waals surface area contributed by atoms with Gasteiger partial charge >= 0.3 is 6.09 Å². The topological polar surface area (TPSA) is 60.5 Å². The standard InChI is InChI=1S/C16H23BrN2O3/c1-10-5-8-13(14(17)18-10)21-12-7-6-11(9-12)19-15(20)22-16(2,3)4/h5,8,11-12H,6-7,9H2,1-4H3,(H,19,20). The average molecular weight is 371 g/mol. The van der Waals surface area contributed by atoms with Crippen molar-refractivity contribution in [3.63, 3.8) is 0 Å². The number of carbonyl (C=O) groups excluding carboxylic acids is 1. The van der Waals surface area contributed by atoms with Gasteiger partial charge in [0.05, 0.1) is 0 Å². The molecule has 5 nitrogen and oxygen atoms in total. The fourth-order valence-electron chi connectivity index (χ4n) is 2.43. The van der Waals surface area contributed by atoms with Crippen molar-refractivity contribution in [1.29, 1.82) is 0 Å². The van der Waals surface area contributed by atoms with Gasteiger partial charge in [0.2, 0.25) is 0 Å². The highest BCUT2D eigenvalue weighted by Gasteiger charge is 2.29. The number of rotatable bonds is 3. The Labute approximate surface area is 139 Å². The third-order valence-corrected chi connectivity index (χ3v) is 3.92. The SMILES string of the molecule is Cc1ccc(OC2CCC(NC(=O)OC(C)(C)C)C2)c(Br)n1. The first-order valence-electron chi connectivity index (χ1n) is 7.52. The Hall–Kier alpha value is -1.30. The number of carbonyl (C=O) groups is 1. The highest BCUT2D eigenvalue weighted by Crippen LogP contribution is 2.29. The van der Waals surface area contributed by atoms with Crippen LogP contribution in [0.5, 0.6) is 5.75 Å². The predicted octanol–water partition coefficient (Wildman–Crippen LogP) is 3.98. The first kappa shape index (κ1) is 17.1. The molecule has 22 heavy (non-hydrogen) atoms. The number of amides is 1. The van der Waals surface area contributed by atoms with Gasteiger partial charge in [-0.2, -0.15) is 0 Å². The van der Waals surface area contributed by atoms with E-state index in [0.717, 1.165) is 35.3 Å². The van der Waals surface area contributed by atoms with Crippen LogP contribution in [0.15, 0.2) is 16.7 Å².